The van der Waals surface area contributed by atoms with E-state index in [0.717, 1.165) is 36.1 Å². The van der Waals surface area contributed by atoms with Crippen molar-refractivity contribution in [1.82, 2.24) is 36.3 Å². The van der Waals surface area contributed by atoms with E-state index in [-0.39, 0.29) is 24.0 Å². The zero-order valence-corrected chi connectivity index (χ0v) is 16.7. The fourth-order valence-electron chi connectivity index (χ4n) is 3.65. The Morgan fingerprint density at radius 2 is 1.93 bits per heavy atom. The molecular weight excluding hydrogens is 390 g/mol. The number of fused-ring (bicyclic) bond motifs is 1. The predicted octanol–water partition coefficient (Wildman–Crippen LogP) is 1.28. The van der Waals surface area contributed by atoms with Crippen LogP contribution in [0.1, 0.15) is 31.2 Å². The molecular formula is C19H23N7O2S. The lowest BCUT2D eigenvalue weighted by molar-refractivity contribution is -0.121. The minimum absolute atomic E-state index is 0.0534. The molecule has 4 rings (SSSR count). The molecule has 2 saturated heterocycles. The van der Waals surface area contributed by atoms with E-state index in [1.54, 1.807) is 0 Å². The maximum absolute atomic E-state index is 12.1. The number of nitrogens with one attached hydrogen (secondary N) is 3. The molecule has 152 valence electrons. The smallest absolute Gasteiger partial charge is 0.315 e. The van der Waals surface area contributed by atoms with E-state index in [4.69, 9.17) is 0 Å². The van der Waals surface area contributed by atoms with Gasteiger partial charge in [0.2, 0.25) is 11.7 Å². The van der Waals surface area contributed by atoms with Gasteiger partial charge in [0, 0.05) is 29.5 Å². The molecule has 1 aromatic heterocycles. The number of amides is 3. The molecule has 2 aliphatic rings. The van der Waals surface area contributed by atoms with Crippen LogP contribution in [0.15, 0.2) is 30.6 Å². The lowest BCUT2D eigenvalue weighted by Crippen LogP contribution is -2.36. The van der Waals surface area contributed by atoms with Gasteiger partial charge in [-0.15, -0.1) is 20.4 Å². The Hall–Kier alpha value is -2.75. The van der Waals surface area contributed by atoms with E-state index in [1.165, 1.54) is 6.33 Å². The number of nitrogens with zero attached hydrogens (tertiary/aromatic N) is 4. The van der Waals surface area contributed by atoms with Crippen LogP contribution in [0.3, 0.4) is 0 Å². The third-order valence-corrected chi connectivity index (χ3v) is 6.70. The van der Waals surface area contributed by atoms with Gasteiger partial charge >= 0.3 is 6.03 Å². The van der Waals surface area contributed by atoms with Gasteiger partial charge in [-0.2, -0.15) is 11.8 Å². The first-order valence-electron chi connectivity index (χ1n) is 9.74. The van der Waals surface area contributed by atoms with Crippen molar-refractivity contribution < 1.29 is 9.59 Å². The molecule has 3 heterocycles. The molecule has 3 N–H and O–H groups in total. The zero-order chi connectivity index (χ0) is 20.1. The topological polar surface area (TPSA) is 122 Å². The first kappa shape index (κ1) is 19.6. The van der Waals surface area contributed by atoms with Crippen LogP contribution >= 0.6 is 11.8 Å². The van der Waals surface area contributed by atoms with E-state index in [0.29, 0.717) is 24.0 Å². The van der Waals surface area contributed by atoms with Gasteiger partial charge in [0.25, 0.3) is 0 Å². The molecule has 0 radical (unpaired) electrons. The molecule has 0 spiro atoms. The number of aromatic nitrogens is 4. The minimum atomic E-state index is -0.0534. The summed E-state index contributed by atoms with van der Waals surface area (Å²) >= 11 is 1.91. The summed E-state index contributed by atoms with van der Waals surface area (Å²) in [5.41, 5.74) is 1.85. The molecule has 3 atom stereocenters. The highest BCUT2D eigenvalue weighted by Gasteiger charge is 2.42. The number of thioether (sulfide) groups is 1. The zero-order valence-electron chi connectivity index (χ0n) is 15.9. The van der Waals surface area contributed by atoms with E-state index >= 15 is 0 Å². The Morgan fingerprint density at radius 1 is 1.14 bits per heavy atom. The number of rotatable bonds is 8. The fraction of sp³-hybridized carbons (Fsp3) is 0.474. The third-order valence-electron chi connectivity index (χ3n) is 5.19. The SMILES string of the molecule is O=C(CCCCC1SC[C@H]2NC(=O)N[C@@H]12)NCc1ccc(-c2nncnn2)cc1. The largest absolute Gasteiger partial charge is 0.352 e. The molecule has 2 aromatic rings. The number of hydrogen-bond acceptors (Lipinski definition) is 7. The Morgan fingerprint density at radius 3 is 2.72 bits per heavy atom. The van der Waals surface area contributed by atoms with Crippen LogP contribution in [0, 0.1) is 0 Å². The maximum Gasteiger partial charge on any atom is 0.315 e. The summed E-state index contributed by atoms with van der Waals surface area (Å²) in [5, 5.41) is 24.7. The van der Waals surface area contributed by atoms with E-state index in [9.17, 15) is 9.59 Å². The van der Waals surface area contributed by atoms with Gasteiger partial charge in [0.1, 0.15) is 0 Å². The number of carbonyl (C=O) groups is 2. The Bertz CT molecular complexity index is 849. The maximum atomic E-state index is 12.1. The summed E-state index contributed by atoms with van der Waals surface area (Å²) in [6.07, 6.45) is 4.67. The summed E-state index contributed by atoms with van der Waals surface area (Å²) in [6.45, 7) is 0.491. The summed E-state index contributed by atoms with van der Waals surface area (Å²) in [4.78, 5) is 23.5. The molecule has 2 fully saturated rings. The standard InChI is InChI=1S/C19H23N7O2S/c27-16(4-2-1-3-15-17-14(10-29-15)23-19(28)24-17)20-9-12-5-7-13(8-6-12)18-25-21-11-22-26-18/h5-8,11,14-15,17H,1-4,9-10H2,(H,20,27)(H2,23,24,28)/t14-,15?,17-/m1/s1. The average Bonchev–Trinajstić information content (AvgIpc) is 3.30. The van der Waals surface area contributed by atoms with Gasteiger partial charge in [0.05, 0.1) is 12.1 Å². The monoisotopic (exact) mass is 413 g/mol. The highest BCUT2D eigenvalue weighted by Crippen LogP contribution is 2.33. The average molecular weight is 414 g/mol. The second-order valence-corrected chi connectivity index (χ2v) is 8.48. The molecule has 1 aromatic carbocycles. The highest BCUT2D eigenvalue weighted by molar-refractivity contribution is 8.00. The molecule has 1 unspecified atom stereocenters. The number of carbonyl (C=O) groups excluding carboxylic acids is 2. The number of unbranched alkanes of at least 4 members (excludes halogenated alkanes) is 1. The normalized spacial score (nSPS) is 22.6. The molecule has 9 nitrogen and oxygen atoms in total. The van der Waals surface area contributed by atoms with Gasteiger partial charge in [-0.3, -0.25) is 4.79 Å². The van der Waals surface area contributed by atoms with Crippen molar-refractivity contribution in [2.75, 3.05) is 5.75 Å². The first-order chi connectivity index (χ1) is 14.2. The van der Waals surface area contributed by atoms with Crippen LogP contribution < -0.4 is 16.0 Å². The van der Waals surface area contributed by atoms with Crippen molar-refractivity contribution in [3.05, 3.63) is 36.2 Å². The molecule has 29 heavy (non-hydrogen) atoms. The lowest BCUT2D eigenvalue weighted by atomic mass is 10.0. The first-order valence-corrected chi connectivity index (χ1v) is 10.8. The third kappa shape index (κ3) is 5.00. The summed E-state index contributed by atoms with van der Waals surface area (Å²) in [7, 11) is 0. The van der Waals surface area contributed by atoms with Crippen molar-refractivity contribution in [3.63, 3.8) is 0 Å². The fourth-order valence-corrected chi connectivity index (χ4v) is 5.20. The molecule has 2 aliphatic heterocycles. The van der Waals surface area contributed by atoms with Gasteiger partial charge < -0.3 is 16.0 Å². The molecule has 0 aliphatic carbocycles. The molecule has 0 saturated carbocycles. The molecule has 10 heteroatoms. The van der Waals surface area contributed by atoms with E-state index < -0.39 is 0 Å². The number of benzene rings is 1. The van der Waals surface area contributed by atoms with Gasteiger partial charge in [0.15, 0.2) is 6.33 Å². The van der Waals surface area contributed by atoms with Crippen molar-refractivity contribution in [3.8, 4) is 11.4 Å². The summed E-state index contributed by atoms with van der Waals surface area (Å²) < 4.78 is 0. The second-order valence-electron chi connectivity index (χ2n) is 7.21. The van der Waals surface area contributed by atoms with Crippen LogP contribution in [0.5, 0.6) is 0 Å². The summed E-state index contributed by atoms with van der Waals surface area (Å²) in [5.74, 6) is 1.50. The van der Waals surface area contributed by atoms with Gasteiger partial charge in [-0.25, -0.2) is 4.79 Å². The Labute approximate surface area is 172 Å². The predicted molar refractivity (Wildman–Crippen MR) is 109 cm³/mol. The Balaban J connectivity index is 1.14. The van der Waals surface area contributed by atoms with E-state index in [2.05, 4.69) is 36.3 Å². The van der Waals surface area contributed by atoms with Crippen LogP contribution in [0.4, 0.5) is 4.79 Å². The van der Waals surface area contributed by atoms with Crippen LogP contribution in [0.25, 0.3) is 11.4 Å². The van der Waals surface area contributed by atoms with Crippen LogP contribution in [-0.4, -0.2) is 55.4 Å². The van der Waals surface area contributed by atoms with Crippen LogP contribution in [0.2, 0.25) is 0 Å². The Kier molecular flexibility index (Phi) is 6.18. The lowest BCUT2D eigenvalue weighted by Gasteiger charge is -2.16. The van der Waals surface area contributed by atoms with Crippen molar-refractivity contribution in [1.29, 1.82) is 0 Å². The van der Waals surface area contributed by atoms with Gasteiger partial charge in [-0.1, -0.05) is 30.7 Å². The van der Waals surface area contributed by atoms with Crippen molar-refractivity contribution in [2.24, 2.45) is 0 Å². The van der Waals surface area contributed by atoms with E-state index in [1.807, 2.05) is 36.0 Å². The molecule has 0 bridgehead atoms. The van der Waals surface area contributed by atoms with Crippen molar-refractivity contribution >= 4 is 23.7 Å². The number of hydrogen-bond donors (Lipinski definition) is 3. The number of urea groups is 1. The van der Waals surface area contributed by atoms with Gasteiger partial charge in [-0.05, 0) is 18.4 Å². The van der Waals surface area contributed by atoms with Crippen molar-refractivity contribution in [2.45, 2.75) is 49.6 Å². The molecule has 3 amide bonds. The minimum Gasteiger partial charge on any atom is -0.352 e. The quantitative estimate of drug-likeness (QED) is 0.440. The van der Waals surface area contributed by atoms with Crippen LogP contribution in [-0.2, 0) is 11.3 Å². The summed E-state index contributed by atoms with van der Waals surface area (Å²) in [6, 6.07) is 8.09. The highest BCUT2D eigenvalue weighted by atomic mass is 32.2. The second kappa shape index (κ2) is 9.17.